The number of thiazole rings is 1. The van der Waals surface area contributed by atoms with Crippen molar-refractivity contribution in [2.75, 3.05) is 0 Å². The van der Waals surface area contributed by atoms with Crippen LogP contribution in [0.1, 0.15) is 48.7 Å². The third-order valence-electron chi connectivity index (χ3n) is 4.02. The Labute approximate surface area is 150 Å². The van der Waals surface area contributed by atoms with E-state index >= 15 is 0 Å². The molecule has 2 aromatic heterocycles. The summed E-state index contributed by atoms with van der Waals surface area (Å²) in [5.74, 6) is -0.575. The van der Waals surface area contributed by atoms with Gasteiger partial charge in [-0.3, -0.25) is 10.1 Å². The zero-order chi connectivity index (χ0) is 16.6. The molecular weight excluding hydrogens is 400 g/mol. The molecule has 0 aromatic carbocycles. The van der Waals surface area contributed by atoms with E-state index in [2.05, 4.69) is 35.6 Å². The summed E-state index contributed by atoms with van der Waals surface area (Å²) < 4.78 is 4.73. The van der Waals surface area contributed by atoms with Crippen molar-refractivity contribution in [2.24, 2.45) is 5.92 Å². The number of rotatable bonds is 5. The zero-order valence-electron chi connectivity index (χ0n) is 12.7. The summed E-state index contributed by atoms with van der Waals surface area (Å²) in [7, 11) is 0. The number of carboxylic acids is 1. The number of aromatic nitrogens is 3. The number of carboxylic acid groups (broad SMARTS) is 1. The summed E-state index contributed by atoms with van der Waals surface area (Å²) in [6.07, 6.45) is 2.81. The average molecular weight is 417 g/mol. The lowest BCUT2D eigenvalue weighted by Gasteiger charge is -2.27. The Bertz CT molecular complexity index is 691. The molecule has 1 aliphatic rings. The van der Waals surface area contributed by atoms with Crippen molar-refractivity contribution >= 4 is 44.8 Å². The highest BCUT2D eigenvalue weighted by Gasteiger charge is 2.52. The van der Waals surface area contributed by atoms with E-state index in [0.717, 1.165) is 10.0 Å². The fourth-order valence-corrected chi connectivity index (χ4v) is 5.21. The van der Waals surface area contributed by atoms with Crippen LogP contribution in [0.5, 0.6) is 0 Å². The van der Waals surface area contributed by atoms with Gasteiger partial charge in [-0.1, -0.05) is 13.8 Å². The van der Waals surface area contributed by atoms with E-state index in [4.69, 9.17) is 0 Å². The predicted octanol–water partition coefficient (Wildman–Crippen LogP) is 3.44. The number of nitrogens with zero attached hydrogens (tertiary/aromatic N) is 3. The van der Waals surface area contributed by atoms with Crippen molar-refractivity contribution in [3.63, 3.8) is 0 Å². The van der Waals surface area contributed by atoms with Crippen LogP contribution in [0.4, 0.5) is 0 Å². The second-order valence-electron chi connectivity index (χ2n) is 6.19. The summed E-state index contributed by atoms with van der Waals surface area (Å²) in [5.41, 5.74) is -0.951. The van der Waals surface area contributed by atoms with Gasteiger partial charge in [0, 0.05) is 17.5 Å². The highest BCUT2D eigenvalue weighted by atomic mass is 79.9. The average Bonchev–Trinajstić information content (AvgIpc) is 3.16. The van der Waals surface area contributed by atoms with Gasteiger partial charge in [-0.15, -0.1) is 11.3 Å². The van der Waals surface area contributed by atoms with Crippen molar-refractivity contribution in [3.05, 3.63) is 26.3 Å². The molecule has 0 unspecified atom stereocenters. The fourth-order valence-electron chi connectivity index (χ4n) is 3.24. The van der Waals surface area contributed by atoms with Gasteiger partial charge in [-0.05, 0) is 46.2 Å². The van der Waals surface area contributed by atoms with Crippen molar-refractivity contribution in [2.45, 2.75) is 44.2 Å². The number of halogens is 1. The molecule has 124 valence electrons. The molecule has 23 heavy (non-hydrogen) atoms. The van der Waals surface area contributed by atoms with Gasteiger partial charge in [0.05, 0.1) is 6.04 Å². The maximum absolute atomic E-state index is 12.0. The molecule has 0 spiro atoms. The van der Waals surface area contributed by atoms with Crippen molar-refractivity contribution in [1.82, 2.24) is 19.7 Å². The summed E-state index contributed by atoms with van der Waals surface area (Å²) >= 11 is 6.13. The number of carbonyl (C=O) groups is 1. The molecule has 9 heteroatoms. The first-order chi connectivity index (χ1) is 10.9. The second-order valence-corrected chi connectivity index (χ2v) is 8.61. The number of hydrogen-bond donors (Lipinski definition) is 2. The third kappa shape index (κ3) is 3.33. The van der Waals surface area contributed by atoms with Crippen LogP contribution in [0, 0.1) is 5.92 Å². The van der Waals surface area contributed by atoms with Gasteiger partial charge < -0.3 is 5.11 Å². The molecule has 0 radical (unpaired) electrons. The van der Waals surface area contributed by atoms with Gasteiger partial charge in [-0.2, -0.15) is 4.37 Å². The SMILES string of the molecule is CC(C)C[C@@]1(C(=O)O)C[C@H](c2nc(Br)ns2)[C@H](c2nccs2)N1. The maximum Gasteiger partial charge on any atom is 0.323 e. The van der Waals surface area contributed by atoms with Gasteiger partial charge in [0.25, 0.3) is 0 Å². The Morgan fingerprint density at radius 2 is 2.35 bits per heavy atom. The van der Waals surface area contributed by atoms with E-state index in [1.165, 1.54) is 22.9 Å². The first kappa shape index (κ1) is 16.9. The topological polar surface area (TPSA) is 88.0 Å². The Hall–Kier alpha value is -0.900. The van der Waals surface area contributed by atoms with E-state index in [1.807, 2.05) is 19.2 Å². The fraction of sp³-hybridized carbons (Fsp3) is 0.571. The van der Waals surface area contributed by atoms with Crippen molar-refractivity contribution in [3.8, 4) is 0 Å². The van der Waals surface area contributed by atoms with E-state index < -0.39 is 11.5 Å². The molecule has 2 N–H and O–H groups in total. The molecule has 1 saturated heterocycles. The van der Waals surface area contributed by atoms with Gasteiger partial charge >= 0.3 is 5.97 Å². The Morgan fingerprint density at radius 3 is 2.87 bits per heavy atom. The first-order valence-electron chi connectivity index (χ1n) is 7.31. The summed E-state index contributed by atoms with van der Waals surface area (Å²) in [5, 5.41) is 16.9. The summed E-state index contributed by atoms with van der Waals surface area (Å²) in [4.78, 5) is 20.9. The maximum atomic E-state index is 12.0. The number of nitrogens with one attached hydrogen (secondary N) is 1. The van der Waals surface area contributed by atoms with E-state index in [0.29, 0.717) is 17.6 Å². The van der Waals surface area contributed by atoms with Crippen molar-refractivity contribution in [1.29, 1.82) is 0 Å². The molecule has 3 rings (SSSR count). The lowest BCUT2D eigenvalue weighted by atomic mass is 9.84. The molecule has 0 amide bonds. The second kappa shape index (κ2) is 6.54. The largest absolute Gasteiger partial charge is 0.480 e. The molecule has 0 aliphatic carbocycles. The van der Waals surface area contributed by atoms with Gasteiger partial charge in [-0.25, -0.2) is 9.97 Å². The Balaban J connectivity index is 2.00. The van der Waals surface area contributed by atoms with Crippen molar-refractivity contribution < 1.29 is 9.90 Å². The Morgan fingerprint density at radius 1 is 1.57 bits per heavy atom. The number of hydrogen-bond acceptors (Lipinski definition) is 7. The van der Waals surface area contributed by atoms with E-state index in [1.54, 1.807) is 6.20 Å². The van der Waals surface area contributed by atoms with Crippen LogP contribution in [0.3, 0.4) is 0 Å². The van der Waals surface area contributed by atoms with Crippen LogP contribution < -0.4 is 5.32 Å². The highest BCUT2D eigenvalue weighted by molar-refractivity contribution is 9.10. The lowest BCUT2D eigenvalue weighted by molar-refractivity contribution is -0.145. The van der Waals surface area contributed by atoms with Crippen LogP contribution in [-0.2, 0) is 4.79 Å². The first-order valence-corrected chi connectivity index (χ1v) is 9.75. The summed E-state index contributed by atoms with van der Waals surface area (Å²) in [6.45, 7) is 4.08. The van der Waals surface area contributed by atoms with Crippen LogP contribution >= 0.6 is 38.8 Å². The Kier molecular flexibility index (Phi) is 4.82. The van der Waals surface area contributed by atoms with Gasteiger partial charge in [0.2, 0.25) is 4.73 Å². The minimum atomic E-state index is -0.951. The predicted molar refractivity (Wildman–Crippen MR) is 92.8 cm³/mol. The monoisotopic (exact) mass is 416 g/mol. The standard InChI is InChI=1S/C14H17BrN4O2S2/c1-7(2)5-14(12(20)21)6-8(10-17-13(15)19-23-10)9(18-14)11-16-3-4-22-11/h3-4,7-9,18H,5-6H2,1-2H3,(H,20,21)/t8-,9+,14-/m0/s1. The van der Waals surface area contributed by atoms with Crippen LogP contribution in [0.15, 0.2) is 16.3 Å². The molecule has 2 aromatic rings. The third-order valence-corrected chi connectivity index (χ3v) is 6.31. The smallest absolute Gasteiger partial charge is 0.323 e. The number of aliphatic carboxylic acids is 1. The summed E-state index contributed by atoms with van der Waals surface area (Å²) in [6, 6.07) is -0.148. The molecule has 0 saturated carbocycles. The molecule has 6 nitrogen and oxygen atoms in total. The quantitative estimate of drug-likeness (QED) is 0.775. The lowest BCUT2D eigenvalue weighted by Crippen LogP contribution is -2.49. The van der Waals surface area contributed by atoms with Crippen LogP contribution in [-0.4, -0.2) is 31.0 Å². The van der Waals surface area contributed by atoms with Crippen LogP contribution in [0.25, 0.3) is 0 Å². The van der Waals surface area contributed by atoms with E-state index in [-0.39, 0.29) is 17.9 Å². The molecule has 1 fully saturated rings. The van der Waals surface area contributed by atoms with Gasteiger partial charge in [0.15, 0.2) is 0 Å². The normalized spacial score (nSPS) is 27.7. The highest BCUT2D eigenvalue weighted by Crippen LogP contribution is 2.47. The minimum absolute atomic E-state index is 0.0419. The molecule has 3 heterocycles. The van der Waals surface area contributed by atoms with Crippen LogP contribution in [0.2, 0.25) is 0 Å². The molecule has 1 aliphatic heterocycles. The van der Waals surface area contributed by atoms with E-state index in [9.17, 15) is 9.90 Å². The molecule has 0 bridgehead atoms. The zero-order valence-corrected chi connectivity index (χ0v) is 15.9. The van der Waals surface area contributed by atoms with Gasteiger partial charge in [0.1, 0.15) is 15.6 Å². The molecule has 3 atom stereocenters. The minimum Gasteiger partial charge on any atom is -0.480 e. The molecular formula is C14H17BrN4O2S2.